The topological polar surface area (TPSA) is 90.9 Å². The van der Waals surface area contributed by atoms with Gasteiger partial charge >= 0.3 is 25.0 Å². The zero-order valence-corrected chi connectivity index (χ0v) is 17.7. The second kappa shape index (κ2) is 9.73. The summed E-state index contributed by atoms with van der Waals surface area (Å²) in [4.78, 5) is 25.2. The van der Waals surface area contributed by atoms with E-state index in [1.165, 1.54) is 58.9 Å². The van der Waals surface area contributed by atoms with Crippen molar-refractivity contribution in [3.05, 3.63) is 35.9 Å². The molecule has 11 heteroatoms. The summed E-state index contributed by atoms with van der Waals surface area (Å²) in [5.41, 5.74) is -0.189. The Hall–Kier alpha value is -1.90. The van der Waals surface area contributed by atoms with Crippen LogP contribution in [0.2, 0.25) is 0 Å². The lowest BCUT2D eigenvalue weighted by Gasteiger charge is -2.39. The number of carbonyl (C=O) groups excluding carboxylic acids is 2. The van der Waals surface area contributed by atoms with E-state index in [1.807, 2.05) is 0 Å². The van der Waals surface area contributed by atoms with Crippen molar-refractivity contribution in [2.45, 2.75) is 58.3 Å². The van der Waals surface area contributed by atoms with Crippen molar-refractivity contribution in [1.29, 1.82) is 0 Å². The molecule has 0 aliphatic heterocycles. The Kier molecular flexibility index (Phi) is 8.44. The van der Waals surface area contributed by atoms with Gasteiger partial charge in [-0.25, -0.2) is 4.79 Å². The minimum absolute atomic E-state index is 0.189. The average molecular weight is 439 g/mol. The van der Waals surface area contributed by atoms with Gasteiger partial charge in [0, 0.05) is 5.56 Å². The number of ether oxygens (including phenoxy) is 1. The maximum atomic E-state index is 14.4. The molecule has 1 aromatic carbocycles. The molecule has 0 bridgehead atoms. The van der Waals surface area contributed by atoms with Gasteiger partial charge in [0.2, 0.25) is 0 Å². The molecule has 1 rings (SSSR count). The first-order valence-electron chi connectivity index (χ1n) is 8.89. The highest BCUT2D eigenvalue weighted by Crippen LogP contribution is 2.66. The van der Waals surface area contributed by atoms with Gasteiger partial charge < -0.3 is 19.1 Å². The lowest BCUT2D eigenvalue weighted by Crippen LogP contribution is -2.64. The molecule has 1 N–H and O–H groups in total. The van der Waals surface area contributed by atoms with Crippen molar-refractivity contribution in [3.8, 4) is 0 Å². The van der Waals surface area contributed by atoms with E-state index >= 15 is 0 Å². The fourth-order valence-corrected chi connectivity index (χ4v) is 4.69. The molecule has 0 spiro atoms. The number of benzene rings is 1. The van der Waals surface area contributed by atoms with Gasteiger partial charge in [-0.1, -0.05) is 18.2 Å². The quantitative estimate of drug-likeness (QED) is 0.456. The number of alkyl halides is 3. The van der Waals surface area contributed by atoms with Gasteiger partial charge in [-0.05, 0) is 46.8 Å². The summed E-state index contributed by atoms with van der Waals surface area (Å²) in [5.74, 6) is -3.28. The summed E-state index contributed by atoms with van der Waals surface area (Å²) in [5, 5.41) is -2.49. The molecule has 0 saturated carbocycles. The largest absolute Gasteiger partial charge is 0.463 e. The van der Waals surface area contributed by atoms with E-state index in [0.717, 1.165) is 0 Å². The molecule has 7 nitrogen and oxygen atoms in total. The van der Waals surface area contributed by atoms with E-state index < -0.39 is 49.7 Å². The highest BCUT2D eigenvalue weighted by molar-refractivity contribution is 7.57. The van der Waals surface area contributed by atoms with Gasteiger partial charge in [-0.15, -0.1) is 0 Å². The first kappa shape index (κ1) is 25.1. The van der Waals surface area contributed by atoms with E-state index in [1.54, 1.807) is 11.4 Å². The van der Waals surface area contributed by atoms with Crippen molar-refractivity contribution < 1.29 is 41.1 Å². The van der Waals surface area contributed by atoms with Crippen LogP contribution in [0.15, 0.2) is 30.3 Å². The molecule has 0 aliphatic carbocycles. The third-order valence-electron chi connectivity index (χ3n) is 3.42. The van der Waals surface area contributed by atoms with E-state index in [-0.39, 0.29) is 5.56 Å². The molecule has 0 saturated heterocycles. The van der Waals surface area contributed by atoms with Crippen molar-refractivity contribution in [2.24, 2.45) is 0 Å². The normalized spacial score (nSPS) is 14.6. The first-order valence-corrected chi connectivity index (χ1v) is 10.4. The second-order valence-electron chi connectivity index (χ2n) is 6.55. The van der Waals surface area contributed by atoms with Crippen LogP contribution in [-0.4, -0.2) is 42.1 Å². The Labute approximate surface area is 167 Å². The van der Waals surface area contributed by atoms with E-state index in [9.17, 15) is 27.3 Å². The molecule has 0 radical (unpaired) electrons. The van der Waals surface area contributed by atoms with E-state index in [2.05, 4.69) is 4.74 Å². The molecule has 0 fully saturated rings. The van der Waals surface area contributed by atoms with Gasteiger partial charge in [0.05, 0.1) is 18.8 Å². The standard InChI is InChI=1S/C18H25F3NO6P/c1-6-26-16(24)17(18(19,20)21,22-15(23)14-10-8-7-9-11-14)29(25,27-12(2)3)28-13(4)5/h7-13H,6H2,1-5H3,(H,22,23)/t17-/m1/s1. The Morgan fingerprint density at radius 1 is 1.03 bits per heavy atom. The fraction of sp³-hybridized carbons (Fsp3) is 0.556. The lowest BCUT2D eigenvalue weighted by atomic mass is 10.2. The van der Waals surface area contributed by atoms with Gasteiger partial charge in [-0.3, -0.25) is 9.36 Å². The van der Waals surface area contributed by atoms with Crippen LogP contribution < -0.4 is 5.32 Å². The third-order valence-corrected chi connectivity index (χ3v) is 6.19. The zero-order chi connectivity index (χ0) is 22.5. The Morgan fingerprint density at radius 3 is 1.90 bits per heavy atom. The number of carbonyl (C=O) groups is 2. The lowest BCUT2D eigenvalue weighted by molar-refractivity contribution is -0.196. The maximum Gasteiger partial charge on any atom is 0.434 e. The number of rotatable bonds is 9. The number of hydrogen-bond donors (Lipinski definition) is 1. The predicted octanol–water partition coefficient (Wildman–Crippen LogP) is 4.28. The third kappa shape index (κ3) is 5.58. The Bertz CT molecular complexity index is 740. The molecule has 1 atom stereocenters. The fourth-order valence-electron chi connectivity index (χ4n) is 2.37. The van der Waals surface area contributed by atoms with Crippen LogP contribution in [0.5, 0.6) is 0 Å². The SMILES string of the molecule is CCOC(=O)[C@](NC(=O)c1ccccc1)(C(F)(F)F)P(=O)(OC(C)C)OC(C)C. The molecule has 0 unspecified atom stereocenters. The van der Waals surface area contributed by atoms with Gasteiger partial charge in [0.25, 0.3) is 5.91 Å². The number of esters is 1. The molecular weight excluding hydrogens is 414 g/mol. The van der Waals surface area contributed by atoms with Crippen LogP contribution in [0, 0.1) is 0 Å². The molecule has 0 aliphatic rings. The van der Waals surface area contributed by atoms with E-state index in [4.69, 9.17) is 9.05 Å². The summed E-state index contributed by atoms with van der Waals surface area (Å²) in [6.45, 7) is 6.10. The predicted molar refractivity (Wildman–Crippen MR) is 99.4 cm³/mol. The summed E-state index contributed by atoms with van der Waals surface area (Å²) in [6, 6.07) is 6.86. The highest BCUT2D eigenvalue weighted by atomic mass is 31.2. The summed E-state index contributed by atoms with van der Waals surface area (Å²) in [7, 11) is -5.39. The first-order chi connectivity index (χ1) is 13.3. The summed E-state index contributed by atoms with van der Waals surface area (Å²) in [6.07, 6.45) is -7.61. The average Bonchev–Trinajstić information content (AvgIpc) is 2.57. The van der Waals surface area contributed by atoms with Crippen LogP contribution >= 0.6 is 7.60 Å². The minimum atomic E-state index is -5.57. The summed E-state index contributed by atoms with van der Waals surface area (Å²) < 4.78 is 71.3. The molecule has 1 amide bonds. The Morgan fingerprint density at radius 2 is 1.52 bits per heavy atom. The Balaban J connectivity index is 3.74. The van der Waals surface area contributed by atoms with Crippen LogP contribution in [0.3, 0.4) is 0 Å². The van der Waals surface area contributed by atoms with Crippen LogP contribution in [0.25, 0.3) is 0 Å². The minimum Gasteiger partial charge on any atom is -0.463 e. The number of halogens is 3. The van der Waals surface area contributed by atoms with Crippen molar-refractivity contribution in [2.75, 3.05) is 6.61 Å². The molecule has 164 valence electrons. The number of nitrogens with one attached hydrogen (secondary N) is 1. The van der Waals surface area contributed by atoms with Crippen LogP contribution in [0.4, 0.5) is 13.2 Å². The molecule has 0 heterocycles. The van der Waals surface area contributed by atoms with Gasteiger partial charge in [0.1, 0.15) is 0 Å². The number of amides is 1. The molecular formula is C18H25F3NO6P. The van der Waals surface area contributed by atoms with Crippen molar-refractivity contribution in [1.82, 2.24) is 5.32 Å². The monoisotopic (exact) mass is 439 g/mol. The highest BCUT2D eigenvalue weighted by Gasteiger charge is 2.76. The summed E-state index contributed by atoms with van der Waals surface area (Å²) >= 11 is 0. The van der Waals surface area contributed by atoms with E-state index in [0.29, 0.717) is 0 Å². The van der Waals surface area contributed by atoms with Crippen LogP contribution in [0.1, 0.15) is 45.0 Å². The number of hydrogen-bond acceptors (Lipinski definition) is 6. The van der Waals surface area contributed by atoms with Crippen LogP contribution in [-0.2, 0) is 23.1 Å². The van der Waals surface area contributed by atoms with Gasteiger partial charge in [-0.2, -0.15) is 13.2 Å². The molecule has 29 heavy (non-hydrogen) atoms. The van der Waals surface area contributed by atoms with Gasteiger partial charge in [0.15, 0.2) is 0 Å². The smallest absolute Gasteiger partial charge is 0.434 e. The molecule has 1 aromatic rings. The molecule has 0 aromatic heterocycles. The zero-order valence-electron chi connectivity index (χ0n) is 16.8. The maximum absolute atomic E-state index is 14.4. The second-order valence-corrected chi connectivity index (χ2v) is 8.64. The van der Waals surface area contributed by atoms with Crippen molar-refractivity contribution >= 4 is 19.5 Å². The van der Waals surface area contributed by atoms with Crippen molar-refractivity contribution in [3.63, 3.8) is 0 Å².